The number of benzene rings is 1. The van der Waals surface area contributed by atoms with Crippen LogP contribution in [-0.4, -0.2) is 11.0 Å². The van der Waals surface area contributed by atoms with E-state index in [9.17, 15) is 0 Å². The van der Waals surface area contributed by atoms with Gasteiger partial charge in [0.15, 0.2) is 0 Å². The maximum atomic E-state index is 4.61. The van der Waals surface area contributed by atoms with Gasteiger partial charge < -0.3 is 5.32 Å². The maximum absolute atomic E-state index is 4.61. The molecule has 3 rings (SSSR count). The third-order valence-electron chi connectivity index (χ3n) is 4.03. The zero-order valence-corrected chi connectivity index (χ0v) is 12.3. The van der Waals surface area contributed by atoms with Crippen molar-refractivity contribution in [3.05, 3.63) is 65.0 Å². The summed E-state index contributed by atoms with van der Waals surface area (Å²) in [6.07, 6.45) is 4.26. The largest absolute Gasteiger partial charge is 0.310 e. The van der Waals surface area contributed by atoms with Gasteiger partial charge in [-0.25, -0.2) is 0 Å². The van der Waals surface area contributed by atoms with Crippen molar-refractivity contribution < 1.29 is 0 Å². The molecule has 0 amide bonds. The molecule has 1 N–H and O–H groups in total. The lowest BCUT2D eigenvalue weighted by Crippen LogP contribution is -2.21. The molecular formula is C18H22N2. The van der Waals surface area contributed by atoms with E-state index in [2.05, 4.69) is 54.5 Å². The zero-order chi connectivity index (χ0) is 13.9. The fourth-order valence-corrected chi connectivity index (χ4v) is 2.98. The molecule has 0 fully saturated rings. The van der Waals surface area contributed by atoms with Crippen molar-refractivity contribution in [3.8, 4) is 0 Å². The highest BCUT2D eigenvalue weighted by atomic mass is 14.9. The molecule has 1 atom stereocenters. The van der Waals surface area contributed by atoms with Crippen LogP contribution in [0.4, 0.5) is 0 Å². The average Bonchev–Trinajstić information content (AvgIpc) is 2.89. The zero-order valence-electron chi connectivity index (χ0n) is 12.3. The normalized spacial score (nSPS) is 17.4. The molecule has 2 heteroatoms. The van der Waals surface area contributed by atoms with E-state index >= 15 is 0 Å². The molecular weight excluding hydrogens is 244 g/mol. The quantitative estimate of drug-likeness (QED) is 0.913. The summed E-state index contributed by atoms with van der Waals surface area (Å²) in [5.41, 5.74) is 5.47. The first-order valence-corrected chi connectivity index (χ1v) is 7.50. The van der Waals surface area contributed by atoms with E-state index < -0.39 is 0 Å². The highest BCUT2D eigenvalue weighted by Crippen LogP contribution is 2.36. The maximum Gasteiger partial charge on any atom is 0.0510 e. The topological polar surface area (TPSA) is 24.9 Å². The standard InChI is InChI=1S/C18H22N2/c1-13(2)20-12-14-5-3-6-16(11-14)17-9-8-15-7-4-10-19-18(15)17/h3-7,10-11,13,17,20H,8-9,12H2,1-2H3. The summed E-state index contributed by atoms with van der Waals surface area (Å²) in [7, 11) is 0. The third kappa shape index (κ3) is 2.75. The van der Waals surface area contributed by atoms with Crippen LogP contribution < -0.4 is 5.32 Å². The van der Waals surface area contributed by atoms with E-state index in [1.165, 1.54) is 28.8 Å². The van der Waals surface area contributed by atoms with Crippen LogP contribution in [0.15, 0.2) is 42.6 Å². The number of hydrogen-bond acceptors (Lipinski definition) is 2. The van der Waals surface area contributed by atoms with Crippen LogP contribution in [0.3, 0.4) is 0 Å². The summed E-state index contributed by atoms with van der Waals surface area (Å²) in [5.74, 6) is 0.477. The molecule has 0 radical (unpaired) electrons. The molecule has 0 saturated heterocycles. The number of rotatable bonds is 4. The summed E-state index contributed by atoms with van der Waals surface area (Å²) in [6.45, 7) is 5.30. The van der Waals surface area contributed by atoms with Gasteiger partial charge in [-0.3, -0.25) is 4.98 Å². The van der Waals surface area contributed by atoms with Crippen molar-refractivity contribution in [2.24, 2.45) is 0 Å². The molecule has 0 saturated carbocycles. The smallest absolute Gasteiger partial charge is 0.0510 e. The molecule has 1 aromatic heterocycles. The SMILES string of the molecule is CC(C)NCc1cccc(C2CCc3cccnc32)c1. The van der Waals surface area contributed by atoms with Gasteiger partial charge in [0.1, 0.15) is 0 Å². The number of aryl methyl sites for hydroxylation is 1. The second-order valence-electron chi connectivity index (χ2n) is 5.92. The van der Waals surface area contributed by atoms with E-state index in [-0.39, 0.29) is 0 Å². The van der Waals surface area contributed by atoms with Gasteiger partial charge in [0.05, 0.1) is 5.69 Å². The second-order valence-corrected chi connectivity index (χ2v) is 5.92. The monoisotopic (exact) mass is 266 g/mol. The van der Waals surface area contributed by atoms with Gasteiger partial charge in [-0.1, -0.05) is 44.2 Å². The third-order valence-corrected chi connectivity index (χ3v) is 4.03. The Morgan fingerprint density at radius 2 is 2.15 bits per heavy atom. The van der Waals surface area contributed by atoms with Crippen molar-refractivity contribution in [2.45, 2.75) is 45.2 Å². The van der Waals surface area contributed by atoms with E-state index in [0.29, 0.717) is 12.0 Å². The molecule has 0 aliphatic heterocycles. The van der Waals surface area contributed by atoms with E-state index in [1.54, 1.807) is 0 Å². The van der Waals surface area contributed by atoms with Crippen LogP contribution in [0.25, 0.3) is 0 Å². The first-order chi connectivity index (χ1) is 9.74. The molecule has 0 bridgehead atoms. The fraction of sp³-hybridized carbons (Fsp3) is 0.389. The predicted molar refractivity (Wildman–Crippen MR) is 82.8 cm³/mol. The Bertz CT molecular complexity index is 589. The number of pyridine rings is 1. The molecule has 104 valence electrons. The Labute approximate surface area is 121 Å². The predicted octanol–water partition coefficient (Wildman–Crippen LogP) is 3.66. The molecule has 2 aromatic rings. The minimum Gasteiger partial charge on any atom is -0.310 e. The Hall–Kier alpha value is -1.67. The highest BCUT2D eigenvalue weighted by molar-refractivity contribution is 5.39. The molecule has 2 nitrogen and oxygen atoms in total. The lowest BCUT2D eigenvalue weighted by Gasteiger charge is -2.14. The summed E-state index contributed by atoms with van der Waals surface area (Å²) in [6, 6.07) is 13.7. The Balaban J connectivity index is 1.83. The van der Waals surface area contributed by atoms with Gasteiger partial charge in [0, 0.05) is 24.7 Å². The summed E-state index contributed by atoms with van der Waals surface area (Å²) in [4.78, 5) is 4.61. The average molecular weight is 266 g/mol. The first kappa shape index (κ1) is 13.3. The van der Waals surface area contributed by atoms with Gasteiger partial charge in [-0.05, 0) is 35.6 Å². The van der Waals surface area contributed by atoms with Gasteiger partial charge in [0.25, 0.3) is 0 Å². The molecule has 1 aliphatic carbocycles. The molecule has 0 spiro atoms. The van der Waals surface area contributed by atoms with Gasteiger partial charge in [-0.2, -0.15) is 0 Å². The molecule has 20 heavy (non-hydrogen) atoms. The van der Waals surface area contributed by atoms with Crippen LogP contribution in [0.1, 0.15) is 48.6 Å². The van der Waals surface area contributed by atoms with Crippen molar-refractivity contribution in [1.82, 2.24) is 10.3 Å². The van der Waals surface area contributed by atoms with Crippen molar-refractivity contribution in [3.63, 3.8) is 0 Å². The van der Waals surface area contributed by atoms with Crippen LogP contribution in [-0.2, 0) is 13.0 Å². The Morgan fingerprint density at radius 1 is 1.25 bits per heavy atom. The lowest BCUT2D eigenvalue weighted by molar-refractivity contribution is 0.588. The summed E-state index contributed by atoms with van der Waals surface area (Å²) < 4.78 is 0. The number of nitrogens with zero attached hydrogens (tertiary/aromatic N) is 1. The van der Waals surface area contributed by atoms with E-state index in [0.717, 1.165) is 13.0 Å². The van der Waals surface area contributed by atoms with Crippen LogP contribution >= 0.6 is 0 Å². The first-order valence-electron chi connectivity index (χ1n) is 7.50. The van der Waals surface area contributed by atoms with Gasteiger partial charge >= 0.3 is 0 Å². The van der Waals surface area contributed by atoms with E-state index in [4.69, 9.17) is 0 Å². The number of aromatic nitrogens is 1. The second kappa shape index (κ2) is 5.76. The fourth-order valence-electron chi connectivity index (χ4n) is 2.98. The Kier molecular flexibility index (Phi) is 3.83. The van der Waals surface area contributed by atoms with Crippen molar-refractivity contribution >= 4 is 0 Å². The Morgan fingerprint density at radius 3 is 3.00 bits per heavy atom. The number of hydrogen-bond donors (Lipinski definition) is 1. The van der Waals surface area contributed by atoms with Crippen molar-refractivity contribution in [2.75, 3.05) is 0 Å². The van der Waals surface area contributed by atoms with Crippen LogP contribution in [0.2, 0.25) is 0 Å². The number of fused-ring (bicyclic) bond motifs is 1. The minimum absolute atomic E-state index is 0.477. The summed E-state index contributed by atoms with van der Waals surface area (Å²) in [5, 5.41) is 3.48. The summed E-state index contributed by atoms with van der Waals surface area (Å²) >= 11 is 0. The lowest BCUT2D eigenvalue weighted by atomic mass is 9.95. The number of nitrogens with one attached hydrogen (secondary N) is 1. The molecule has 1 aliphatic rings. The highest BCUT2D eigenvalue weighted by Gasteiger charge is 2.24. The molecule has 1 unspecified atom stereocenters. The van der Waals surface area contributed by atoms with Crippen LogP contribution in [0, 0.1) is 0 Å². The van der Waals surface area contributed by atoms with Gasteiger partial charge in [-0.15, -0.1) is 0 Å². The van der Waals surface area contributed by atoms with Crippen LogP contribution in [0.5, 0.6) is 0 Å². The molecule has 1 heterocycles. The minimum atomic E-state index is 0.477. The van der Waals surface area contributed by atoms with Crippen molar-refractivity contribution in [1.29, 1.82) is 0 Å². The molecule has 1 aromatic carbocycles. The van der Waals surface area contributed by atoms with E-state index in [1.807, 2.05) is 12.3 Å². The van der Waals surface area contributed by atoms with Gasteiger partial charge in [0.2, 0.25) is 0 Å².